The molecule has 32 heavy (non-hydrogen) atoms. The van der Waals surface area contributed by atoms with Gasteiger partial charge in [0, 0.05) is 0 Å². The van der Waals surface area contributed by atoms with Crippen LogP contribution in [-0.2, 0) is 22.2 Å². The number of phosphoric ester groups is 1. The summed E-state index contributed by atoms with van der Waals surface area (Å²) in [5, 5.41) is 40.1. The molecule has 0 aliphatic carbocycles. The molecule has 3 rings (SSSR count). The maximum Gasteiger partial charge on any atom is 0.469 e. The number of aromatic amines is 2. The number of benzene rings is 1. The van der Waals surface area contributed by atoms with Gasteiger partial charge in [-0.2, -0.15) is 4.98 Å². The number of hydrogen-bond donors (Lipinski definition) is 8. The average molecular weight is 473 g/mol. The van der Waals surface area contributed by atoms with E-state index in [-0.39, 0.29) is 23.3 Å². The van der Waals surface area contributed by atoms with Gasteiger partial charge in [0.25, 0.3) is 5.56 Å². The van der Waals surface area contributed by atoms with Crippen molar-refractivity contribution in [3.63, 3.8) is 0 Å². The molecule has 3 atom stereocenters. The third-order valence-electron chi connectivity index (χ3n) is 4.87. The van der Waals surface area contributed by atoms with Gasteiger partial charge >= 0.3 is 19.2 Å². The minimum Gasteiger partial charge on any atom is -0.392 e. The Kier molecular flexibility index (Phi) is 6.88. The fraction of sp³-hybridized carbons (Fsp3) is 0.412. The topological polar surface area (TPSA) is 230 Å². The lowest BCUT2D eigenvalue weighted by molar-refractivity contribution is -0.657. The second-order valence-electron chi connectivity index (χ2n) is 7.17. The zero-order chi connectivity index (χ0) is 23.8. The van der Waals surface area contributed by atoms with E-state index >= 15 is 0 Å². The molecule has 0 radical (unpaired) electrons. The molecule has 2 aromatic heterocycles. The van der Waals surface area contributed by atoms with E-state index in [2.05, 4.69) is 14.5 Å². The molecular formula is C17H22N4O10P+. The molecule has 0 spiro atoms. The van der Waals surface area contributed by atoms with Gasteiger partial charge in [-0.1, -0.05) is 0 Å². The minimum absolute atomic E-state index is 0.0744. The van der Waals surface area contributed by atoms with Crippen LogP contribution in [0.4, 0.5) is 0 Å². The van der Waals surface area contributed by atoms with Gasteiger partial charge in [-0.25, -0.2) is 18.9 Å². The Morgan fingerprint density at radius 1 is 1.16 bits per heavy atom. The Balaban J connectivity index is 2.10. The Labute approximate surface area is 178 Å². The van der Waals surface area contributed by atoms with Crippen LogP contribution in [0.3, 0.4) is 0 Å². The van der Waals surface area contributed by atoms with E-state index < -0.39 is 50.5 Å². The van der Waals surface area contributed by atoms with Crippen molar-refractivity contribution < 1.29 is 43.9 Å². The normalized spacial score (nSPS) is 15.2. The Morgan fingerprint density at radius 2 is 1.84 bits per heavy atom. The molecule has 0 aliphatic rings. The van der Waals surface area contributed by atoms with Crippen molar-refractivity contribution in [3.05, 3.63) is 44.1 Å². The number of aliphatic hydroxyl groups excluding tert-OH is 4. The van der Waals surface area contributed by atoms with Crippen molar-refractivity contribution in [2.45, 2.75) is 38.4 Å². The Bertz CT molecular complexity index is 1320. The fourth-order valence-corrected chi connectivity index (χ4v) is 3.57. The number of H-pyrrole nitrogens is 2. The summed E-state index contributed by atoms with van der Waals surface area (Å²) >= 11 is 0. The molecule has 0 unspecified atom stereocenters. The highest BCUT2D eigenvalue weighted by Gasteiger charge is 2.31. The number of hydrogen-bond acceptors (Lipinski definition) is 9. The highest BCUT2D eigenvalue weighted by atomic mass is 31.2. The summed E-state index contributed by atoms with van der Waals surface area (Å²) in [6, 6.07) is 3.12. The summed E-state index contributed by atoms with van der Waals surface area (Å²) in [5.41, 5.74) is -0.152. The number of phosphoric acid groups is 1. The van der Waals surface area contributed by atoms with Crippen LogP contribution < -0.4 is 15.8 Å². The molecule has 1 aromatic carbocycles. The number of rotatable bonds is 8. The first kappa shape index (κ1) is 24.1. The van der Waals surface area contributed by atoms with Crippen molar-refractivity contribution in [2.24, 2.45) is 0 Å². The van der Waals surface area contributed by atoms with Crippen LogP contribution in [0.2, 0.25) is 0 Å². The second kappa shape index (κ2) is 9.13. The van der Waals surface area contributed by atoms with E-state index in [1.165, 1.54) is 10.6 Å². The van der Waals surface area contributed by atoms with Gasteiger partial charge in [-0.3, -0.25) is 14.3 Å². The highest BCUT2D eigenvalue weighted by molar-refractivity contribution is 7.46. The quantitative estimate of drug-likeness (QED) is 0.0936. The Morgan fingerprint density at radius 3 is 2.47 bits per heavy atom. The van der Waals surface area contributed by atoms with Crippen LogP contribution in [-0.4, -0.2) is 70.1 Å². The van der Waals surface area contributed by atoms with Crippen molar-refractivity contribution >= 4 is 30.0 Å². The lowest BCUT2D eigenvalue weighted by Gasteiger charge is -2.22. The molecule has 0 bridgehead atoms. The maximum absolute atomic E-state index is 12.3. The average Bonchev–Trinajstić information content (AvgIpc) is 2.71. The predicted octanol–water partition coefficient (Wildman–Crippen LogP) is -2.96. The first-order valence-corrected chi connectivity index (χ1v) is 10.8. The van der Waals surface area contributed by atoms with E-state index in [0.717, 1.165) is 0 Å². The van der Waals surface area contributed by atoms with Gasteiger partial charge in [-0.05, 0) is 30.2 Å². The lowest BCUT2D eigenvalue weighted by atomic mass is 10.1. The van der Waals surface area contributed by atoms with Gasteiger partial charge in [0.15, 0.2) is 5.52 Å². The first-order chi connectivity index (χ1) is 14.9. The van der Waals surface area contributed by atoms with Gasteiger partial charge in [0.1, 0.15) is 30.4 Å². The molecule has 2 heterocycles. The van der Waals surface area contributed by atoms with E-state index in [1.807, 2.05) is 4.98 Å². The molecule has 0 aliphatic heterocycles. The number of nitrogens with zero attached hydrogens (tertiary/aromatic N) is 2. The van der Waals surface area contributed by atoms with E-state index in [9.17, 15) is 34.6 Å². The molecule has 0 fully saturated rings. The SMILES string of the molecule is Cc1cc2c(cc1CO)nc1c(=O)[nH]c(=O)[nH]c1[n+]2C[C@H](O)[C@H](O)[C@H](O)COP(=O)(O)O. The molecule has 0 saturated heterocycles. The molecule has 174 valence electrons. The predicted molar refractivity (Wildman–Crippen MR) is 107 cm³/mol. The van der Waals surface area contributed by atoms with E-state index in [1.54, 1.807) is 13.0 Å². The van der Waals surface area contributed by atoms with Crippen molar-refractivity contribution in [1.82, 2.24) is 15.0 Å². The smallest absolute Gasteiger partial charge is 0.392 e. The molecule has 0 amide bonds. The number of aromatic nitrogens is 4. The summed E-state index contributed by atoms with van der Waals surface area (Å²) in [4.78, 5) is 50.2. The van der Waals surface area contributed by atoms with Gasteiger partial charge in [-0.15, -0.1) is 0 Å². The van der Waals surface area contributed by atoms with Crippen LogP contribution in [0.25, 0.3) is 22.2 Å². The second-order valence-corrected chi connectivity index (χ2v) is 8.40. The summed E-state index contributed by atoms with van der Waals surface area (Å²) in [5.74, 6) is 0. The molecule has 15 heteroatoms. The van der Waals surface area contributed by atoms with Crippen LogP contribution >= 0.6 is 7.82 Å². The summed E-state index contributed by atoms with van der Waals surface area (Å²) in [7, 11) is -4.91. The fourth-order valence-electron chi connectivity index (χ4n) is 3.22. The zero-order valence-electron chi connectivity index (χ0n) is 16.7. The number of nitrogens with one attached hydrogen (secondary N) is 2. The van der Waals surface area contributed by atoms with Gasteiger partial charge < -0.3 is 30.2 Å². The minimum atomic E-state index is -4.91. The van der Waals surface area contributed by atoms with Crippen LogP contribution in [0.1, 0.15) is 11.1 Å². The van der Waals surface area contributed by atoms with Crippen molar-refractivity contribution in [2.75, 3.05) is 6.61 Å². The lowest BCUT2D eigenvalue weighted by Crippen LogP contribution is -2.51. The maximum atomic E-state index is 12.3. The van der Waals surface area contributed by atoms with Crippen LogP contribution in [0.15, 0.2) is 21.7 Å². The molecule has 3 aromatic rings. The Hall–Kier alpha value is -2.55. The van der Waals surface area contributed by atoms with Crippen molar-refractivity contribution in [1.29, 1.82) is 0 Å². The zero-order valence-corrected chi connectivity index (χ0v) is 17.6. The van der Waals surface area contributed by atoms with Crippen LogP contribution in [0.5, 0.6) is 0 Å². The van der Waals surface area contributed by atoms with Gasteiger partial charge in [0.2, 0.25) is 5.52 Å². The van der Waals surface area contributed by atoms with Gasteiger partial charge in [0.05, 0.1) is 13.2 Å². The van der Waals surface area contributed by atoms with E-state index in [0.29, 0.717) is 16.6 Å². The number of aryl methyl sites for hydroxylation is 1. The molecule has 14 nitrogen and oxygen atoms in total. The summed E-state index contributed by atoms with van der Waals surface area (Å²) in [6.07, 6.45) is -5.48. The van der Waals surface area contributed by atoms with E-state index in [4.69, 9.17) is 9.79 Å². The monoisotopic (exact) mass is 473 g/mol. The number of aliphatic hydroxyl groups is 4. The van der Waals surface area contributed by atoms with Crippen molar-refractivity contribution in [3.8, 4) is 0 Å². The standard InChI is InChI=1S/C17H21N4O10P/c1-7-2-10-9(3-8(7)5-22)18-13-15(19-17(27)20-16(13)26)21(10)4-11(23)14(25)12(24)6-31-32(28,29)30/h2-3,11-12,14,22-25H,4-6H2,1H3,(H3,20,26,27,28,29,30)/p+1/t11-,12+,14-/m0/s1. The number of fused-ring (bicyclic) bond motifs is 2. The third kappa shape index (κ3) is 5.09. The third-order valence-corrected chi connectivity index (χ3v) is 5.35. The summed E-state index contributed by atoms with van der Waals surface area (Å²) in [6.45, 7) is -0.00741. The molecule has 8 N–H and O–H groups in total. The summed E-state index contributed by atoms with van der Waals surface area (Å²) < 4.78 is 16.2. The molecule has 0 saturated carbocycles. The largest absolute Gasteiger partial charge is 0.469 e. The van der Waals surface area contributed by atoms with Crippen LogP contribution in [0, 0.1) is 6.92 Å². The molecular weight excluding hydrogens is 451 g/mol. The first-order valence-electron chi connectivity index (χ1n) is 9.25. The highest BCUT2D eigenvalue weighted by Crippen LogP contribution is 2.35.